The number of nitrogens with zero attached hydrogens (tertiary/aromatic N) is 2. The molecule has 0 aromatic heterocycles. The third-order valence-corrected chi connectivity index (χ3v) is 0.733. The van der Waals surface area contributed by atoms with E-state index < -0.39 is 4.92 Å². The fraction of sp³-hybridized carbons (Fsp3) is 0.600. The maximum atomic E-state index is 9.95. The Morgan fingerprint density at radius 2 is 2.11 bits per heavy atom. The van der Waals surface area contributed by atoms with Gasteiger partial charge < -0.3 is 4.90 Å². The molecule has 0 N–H and O–H groups in total. The molecule has 0 fully saturated rings. The summed E-state index contributed by atoms with van der Waals surface area (Å²) in [6, 6.07) is 0. The lowest BCUT2D eigenvalue weighted by Gasteiger charge is -2.01. The number of rotatable bonds is 2. The molecule has 0 spiro atoms. The van der Waals surface area contributed by atoms with Crippen molar-refractivity contribution in [1.29, 1.82) is 0 Å². The Hall–Kier alpha value is -1.06. The molecule has 52 valence electrons. The SMILES string of the molecule is C/C(=C/N(C)C)[N+](=O)[O-]. The van der Waals surface area contributed by atoms with E-state index in [1.807, 2.05) is 0 Å². The fourth-order valence-corrected chi connectivity index (χ4v) is 0.421. The lowest BCUT2D eigenvalue weighted by Crippen LogP contribution is -2.05. The van der Waals surface area contributed by atoms with Crippen LogP contribution in [0, 0.1) is 10.1 Å². The number of nitro groups is 1. The van der Waals surface area contributed by atoms with Crippen molar-refractivity contribution in [3.05, 3.63) is 22.0 Å². The third kappa shape index (κ3) is 3.52. The second-order valence-corrected chi connectivity index (χ2v) is 1.99. The summed E-state index contributed by atoms with van der Waals surface area (Å²) in [6.07, 6.45) is 1.46. The number of hydrogen-bond acceptors (Lipinski definition) is 3. The maximum absolute atomic E-state index is 9.95. The summed E-state index contributed by atoms with van der Waals surface area (Å²) in [5.74, 6) is 0. The normalized spacial score (nSPS) is 11.2. The molecule has 0 aromatic rings. The van der Waals surface area contributed by atoms with Crippen LogP contribution in [0.25, 0.3) is 0 Å². The monoisotopic (exact) mass is 130 g/mol. The van der Waals surface area contributed by atoms with E-state index >= 15 is 0 Å². The number of hydrogen-bond donors (Lipinski definition) is 0. The molecular formula is C5H10N2O2. The molecule has 0 heterocycles. The second kappa shape index (κ2) is 3.06. The molecule has 0 aliphatic heterocycles. The molecule has 0 aliphatic carbocycles. The van der Waals surface area contributed by atoms with Crippen LogP contribution in [-0.2, 0) is 0 Å². The lowest BCUT2D eigenvalue weighted by atomic mass is 10.5. The molecular weight excluding hydrogens is 120 g/mol. The Morgan fingerprint density at radius 1 is 1.67 bits per heavy atom. The number of allylic oxidation sites excluding steroid dienone is 1. The first-order chi connectivity index (χ1) is 4.04. The van der Waals surface area contributed by atoms with Crippen LogP contribution in [0.5, 0.6) is 0 Å². The van der Waals surface area contributed by atoms with E-state index in [9.17, 15) is 10.1 Å². The van der Waals surface area contributed by atoms with Crippen molar-refractivity contribution in [1.82, 2.24) is 4.90 Å². The quantitative estimate of drug-likeness (QED) is 0.408. The van der Waals surface area contributed by atoms with Crippen molar-refractivity contribution in [3.63, 3.8) is 0 Å². The van der Waals surface area contributed by atoms with Gasteiger partial charge in [0, 0.05) is 21.0 Å². The molecule has 0 aliphatic rings. The average molecular weight is 130 g/mol. The minimum Gasteiger partial charge on any atom is -0.378 e. The summed E-state index contributed by atoms with van der Waals surface area (Å²) >= 11 is 0. The highest BCUT2D eigenvalue weighted by Crippen LogP contribution is 1.92. The summed E-state index contributed by atoms with van der Waals surface area (Å²) in [5.41, 5.74) is 0.153. The van der Waals surface area contributed by atoms with E-state index in [0.29, 0.717) is 0 Å². The summed E-state index contributed by atoms with van der Waals surface area (Å²) < 4.78 is 0. The van der Waals surface area contributed by atoms with Crippen molar-refractivity contribution in [2.24, 2.45) is 0 Å². The molecule has 0 amide bonds. The van der Waals surface area contributed by atoms with Gasteiger partial charge in [-0.2, -0.15) is 0 Å². The van der Waals surface area contributed by atoms with Gasteiger partial charge in [0.2, 0.25) is 0 Å². The van der Waals surface area contributed by atoms with Crippen molar-refractivity contribution in [2.75, 3.05) is 14.1 Å². The first-order valence-corrected chi connectivity index (χ1v) is 2.53. The van der Waals surface area contributed by atoms with Crippen LogP contribution in [0.2, 0.25) is 0 Å². The summed E-state index contributed by atoms with van der Waals surface area (Å²) in [5, 5.41) is 9.95. The summed E-state index contributed by atoms with van der Waals surface area (Å²) in [7, 11) is 3.49. The van der Waals surface area contributed by atoms with E-state index in [1.165, 1.54) is 13.1 Å². The molecule has 0 saturated heterocycles. The largest absolute Gasteiger partial charge is 0.378 e. The summed E-state index contributed by atoms with van der Waals surface area (Å²) in [6.45, 7) is 1.46. The highest BCUT2D eigenvalue weighted by Gasteiger charge is 1.99. The molecule has 0 bridgehead atoms. The van der Waals surface area contributed by atoms with Gasteiger partial charge in [0.15, 0.2) is 0 Å². The van der Waals surface area contributed by atoms with Crippen LogP contribution in [0.1, 0.15) is 6.92 Å². The maximum Gasteiger partial charge on any atom is 0.258 e. The molecule has 4 heteroatoms. The van der Waals surface area contributed by atoms with E-state index in [1.54, 1.807) is 19.0 Å². The zero-order valence-corrected chi connectivity index (χ0v) is 5.79. The zero-order chi connectivity index (χ0) is 7.44. The molecule has 0 unspecified atom stereocenters. The Bertz CT molecular complexity index is 140. The van der Waals surface area contributed by atoms with E-state index in [4.69, 9.17) is 0 Å². The zero-order valence-electron chi connectivity index (χ0n) is 5.79. The van der Waals surface area contributed by atoms with Gasteiger partial charge in [0.05, 0.1) is 11.1 Å². The molecule has 9 heavy (non-hydrogen) atoms. The predicted octanol–water partition coefficient (Wildman–Crippen LogP) is 0.686. The van der Waals surface area contributed by atoms with Crippen molar-refractivity contribution in [3.8, 4) is 0 Å². The lowest BCUT2D eigenvalue weighted by molar-refractivity contribution is -0.425. The van der Waals surface area contributed by atoms with Crippen LogP contribution >= 0.6 is 0 Å². The first kappa shape index (κ1) is 7.94. The predicted molar refractivity (Wildman–Crippen MR) is 34.4 cm³/mol. The molecule has 0 aromatic carbocycles. The Labute approximate surface area is 53.9 Å². The highest BCUT2D eigenvalue weighted by molar-refractivity contribution is 4.83. The Kier molecular flexibility index (Phi) is 2.70. The van der Waals surface area contributed by atoms with Gasteiger partial charge in [0.25, 0.3) is 5.70 Å². The van der Waals surface area contributed by atoms with Gasteiger partial charge in [-0.15, -0.1) is 0 Å². The van der Waals surface area contributed by atoms with Gasteiger partial charge in [-0.3, -0.25) is 10.1 Å². The van der Waals surface area contributed by atoms with Gasteiger partial charge >= 0.3 is 0 Å². The van der Waals surface area contributed by atoms with Gasteiger partial charge in [-0.25, -0.2) is 0 Å². The smallest absolute Gasteiger partial charge is 0.258 e. The van der Waals surface area contributed by atoms with Crippen LogP contribution < -0.4 is 0 Å². The Morgan fingerprint density at radius 3 is 2.22 bits per heavy atom. The topological polar surface area (TPSA) is 46.4 Å². The van der Waals surface area contributed by atoms with E-state index in [2.05, 4.69) is 0 Å². The van der Waals surface area contributed by atoms with Crippen molar-refractivity contribution >= 4 is 0 Å². The van der Waals surface area contributed by atoms with Crippen LogP contribution in [0.15, 0.2) is 11.9 Å². The summed E-state index contributed by atoms with van der Waals surface area (Å²) in [4.78, 5) is 11.2. The molecule has 0 saturated carbocycles. The van der Waals surface area contributed by atoms with Crippen molar-refractivity contribution in [2.45, 2.75) is 6.92 Å². The Balaban J connectivity index is 4.00. The molecule has 0 rings (SSSR count). The molecule has 4 nitrogen and oxygen atoms in total. The first-order valence-electron chi connectivity index (χ1n) is 2.53. The van der Waals surface area contributed by atoms with E-state index in [-0.39, 0.29) is 5.70 Å². The van der Waals surface area contributed by atoms with E-state index in [0.717, 1.165) is 0 Å². The van der Waals surface area contributed by atoms with Crippen LogP contribution in [0.4, 0.5) is 0 Å². The fourth-order valence-electron chi connectivity index (χ4n) is 0.421. The van der Waals surface area contributed by atoms with Crippen LogP contribution in [-0.4, -0.2) is 23.9 Å². The average Bonchev–Trinajstić information content (AvgIpc) is 1.63. The van der Waals surface area contributed by atoms with Gasteiger partial charge in [-0.1, -0.05) is 0 Å². The molecule has 0 radical (unpaired) electrons. The van der Waals surface area contributed by atoms with Gasteiger partial charge in [0.1, 0.15) is 0 Å². The molecule has 0 atom stereocenters. The van der Waals surface area contributed by atoms with Gasteiger partial charge in [-0.05, 0) is 0 Å². The minimum atomic E-state index is -0.417. The standard InChI is InChI=1S/C5H10N2O2/c1-5(7(8)9)4-6(2)3/h4H,1-3H3/b5-4-. The second-order valence-electron chi connectivity index (χ2n) is 1.99. The minimum absolute atomic E-state index is 0.153. The third-order valence-electron chi connectivity index (χ3n) is 0.733. The van der Waals surface area contributed by atoms with Crippen molar-refractivity contribution < 1.29 is 4.92 Å². The van der Waals surface area contributed by atoms with Crippen LogP contribution in [0.3, 0.4) is 0 Å². The highest BCUT2D eigenvalue weighted by atomic mass is 16.6.